The van der Waals surface area contributed by atoms with E-state index in [1.54, 1.807) is 34.5 Å². The van der Waals surface area contributed by atoms with E-state index in [1.165, 1.54) is 39.1 Å². The summed E-state index contributed by atoms with van der Waals surface area (Å²) in [5.41, 5.74) is 0. The van der Waals surface area contributed by atoms with Crippen LogP contribution in [0, 0.1) is 5.82 Å². The van der Waals surface area contributed by atoms with Crippen LogP contribution < -0.4 is 0 Å². The van der Waals surface area contributed by atoms with E-state index in [4.69, 9.17) is 0 Å². The lowest BCUT2D eigenvalue weighted by Crippen LogP contribution is -2.50. The van der Waals surface area contributed by atoms with E-state index in [2.05, 4.69) is 0 Å². The Morgan fingerprint density at radius 1 is 1.08 bits per heavy atom. The molecule has 0 aliphatic carbocycles. The molecule has 1 aliphatic rings. The molecule has 3 aromatic rings. The van der Waals surface area contributed by atoms with Crippen LogP contribution in [0.15, 0.2) is 46.0 Å². The van der Waals surface area contributed by atoms with Crippen molar-refractivity contribution in [2.24, 2.45) is 0 Å². The minimum absolute atomic E-state index is 0.139. The number of carbonyl (C=O) groups excluding carboxylic acids is 1. The molecule has 0 bridgehead atoms. The molecule has 5 nitrogen and oxygen atoms in total. The minimum atomic E-state index is -3.48. The van der Waals surface area contributed by atoms with Crippen molar-refractivity contribution in [1.29, 1.82) is 0 Å². The van der Waals surface area contributed by atoms with Crippen LogP contribution in [-0.2, 0) is 10.0 Å². The van der Waals surface area contributed by atoms with E-state index < -0.39 is 10.0 Å². The largest absolute Gasteiger partial charge is 0.335 e. The predicted octanol–water partition coefficient (Wildman–Crippen LogP) is 3.25. The lowest BCUT2D eigenvalue weighted by molar-refractivity contribution is 0.0703. The van der Waals surface area contributed by atoms with Gasteiger partial charge in [-0.2, -0.15) is 4.31 Å². The maximum atomic E-state index is 13.3. The number of fused-ring (bicyclic) bond motifs is 1. The number of hydrogen-bond donors (Lipinski definition) is 0. The van der Waals surface area contributed by atoms with Crippen molar-refractivity contribution in [3.63, 3.8) is 0 Å². The third-order valence-corrected chi connectivity index (χ3v) is 8.68. The first-order valence-corrected chi connectivity index (χ1v) is 11.1. The van der Waals surface area contributed by atoms with Crippen molar-refractivity contribution in [2.45, 2.75) is 4.21 Å². The Labute approximate surface area is 158 Å². The Balaban J connectivity index is 1.48. The molecular weight excluding hydrogens is 395 g/mol. The first kappa shape index (κ1) is 17.6. The molecule has 136 valence electrons. The van der Waals surface area contributed by atoms with E-state index >= 15 is 0 Å². The standard InChI is InChI=1S/C17H15FN2O3S3/c18-13-3-4-14-12(10-13)11-15(25-14)17(21)19-5-7-20(8-6-19)26(22,23)16-2-1-9-24-16/h1-4,9-11H,5-8H2. The highest BCUT2D eigenvalue weighted by molar-refractivity contribution is 7.91. The summed E-state index contributed by atoms with van der Waals surface area (Å²) in [5.74, 6) is -0.471. The number of amides is 1. The van der Waals surface area contributed by atoms with Crippen LogP contribution in [0.25, 0.3) is 10.1 Å². The molecule has 1 amide bonds. The zero-order valence-electron chi connectivity index (χ0n) is 13.6. The average Bonchev–Trinajstić information content (AvgIpc) is 3.31. The molecule has 0 spiro atoms. The third-order valence-electron chi connectivity index (χ3n) is 4.30. The van der Waals surface area contributed by atoms with Gasteiger partial charge in [0.05, 0.1) is 4.88 Å². The fourth-order valence-electron chi connectivity index (χ4n) is 2.94. The molecule has 1 aliphatic heterocycles. The summed E-state index contributed by atoms with van der Waals surface area (Å²) in [6.07, 6.45) is 0. The number of nitrogens with zero attached hydrogens (tertiary/aromatic N) is 2. The number of piperazine rings is 1. The van der Waals surface area contributed by atoms with Crippen LogP contribution in [-0.4, -0.2) is 49.7 Å². The fourth-order valence-corrected chi connectivity index (χ4v) is 6.52. The minimum Gasteiger partial charge on any atom is -0.335 e. The Morgan fingerprint density at radius 2 is 1.85 bits per heavy atom. The van der Waals surface area contributed by atoms with Gasteiger partial charge in [-0.05, 0) is 41.1 Å². The topological polar surface area (TPSA) is 57.7 Å². The maximum Gasteiger partial charge on any atom is 0.264 e. The molecule has 0 radical (unpaired) electrons. The van der Waals surface area contributed by atoms with E-state index in [0.717, 1.165) is 4.70 Å². The molecule has 0 atom stereocenters. The Hall–Kier alpha value is -1.81. The number of carbonyl (C=O) groups is 1. The third kappa shape index (κ3) is 3.16. The average molecular weight is 411 g/mol. The van der Waals surface area contributed by atoms with E-state index in [1.807, 2.05) is 0 Å². The van der Waals surface area contributed by atoms with Crippen LogP contribution in [0.3, 0.4) is 0 Å². The van der Waals surface area contributed by atoms with Gasteiger partial charge in [0.1, 0.15) is 10.0 Å². The molecule has 1 aromatic carbocycles. The smallest absolute Gasteiger partial charge is 0.264 e. The van der Waals surface area contributed by atoms with Gasteiger partial charge in [0.15, 0.2) is 0 Å². The van der Waals surface area contributed by atoms with Crippen molar-refractivity contribution in [3.8, 4) is 0 Å². The SMILES string of the molecule is O=C(c1cc2cc(F)ccc2s1)N1CCN(S(=O)(=O)c2cccs2)CC1. The van der Waals surface area contributed by atoms with Crippen molar-refractivity contribution >= 4 is 48.7 Å². The molecule has 0 saturated carbocycles. The van der Waals surface area contributed by atoms with Gasteiger partial charge >= 0.3 is 0 Å². The van der Waals surface area contributed by atoms with Crippen molar-refractivity contribution in [3.05, 3.63) is 52.5 Å². The molecule has 0 N–H and O–H groups in total. The number of hydrogen-bond acceptors (Lipinski definition) is 5. The zero-order valence-corrected chi connectivity index (χ0v) is 16.0. The fraction of sp³-hybridized carbons (Fsp3) is 0.235. The highest BCUT2D eigenvalue weighted by Crippen LogP contribution is 2.28. The van der Waals surface area contributed by atoms with Gasteiger partial charge in [-0.3, -0.25) is 4.79 Å². The molecule has 4 rings (SSSR count). The summed E-state index contributed by atoms with van der Waals surface area (Å²) < 4.78 is 41.0. The summed E-state index contributed by atoms with van der Waals surface area (Å²) in [4.78, 5) is 14.9. The number of rotatable bonds is 3. The first-order valence-electron chi connectivity index (χ1n) is 7.97. The second-order valence-electron chi connectivity index (χ2n) is 5.92. The maximum absolute atomic E-state index is 13.3. The summed E-state index contributed by atoms with van der Waals surface area (Å²) in [7, 11) is -3.48. The molecule has 1 fully saturated rings. The van der Waals surface area contributed by atoms with Crippen LogP contribution >= 0.6 is 22.7 Å². The number of sulfonamides is 1. The van der Waals surface area contributed by atoms with Crippen molar-refractivity contribution in [2.75, 3.05) is 26.2 Å². The van der Waals surface area contributed by atoms with Crippen LogP contribution in [0.4, 0.5) is 4.39 Å². The second kappa shape index (κ2) is 6.73. The molecule has 0 unspecified atom stereocenters. The van der Waals surface area contributed by atoms with Gasteiger partial charge < -0.3 is 4.90 Å². The van der Waals surface area contributed by atoms with Gasteiger partial charge in [0, 0.05) is 30.9 Å². The quantitative estimate of drug-likeness (QED) is 0.666. The molecule has 1 saturated heterocycles. The van der Waals surface area contributed by atoms with Gasteiger partial charge in [0.2, 0.25) is 0 Å². The molecule has 3 heterocycles. The molecule has 26 heavy (non-hydrogen) atoms. The van der Waals surface area contributed by atoms with Crippen LogP contribution in [0.5, 0.6) is 0 Å². The van der Waals surface area contributed by atoms with Gasteiger partial charge in [-0.25, -0.2) is 12.8 Å². The summed E-state index contributed by atoms with van der Waals surface area (Å²) in [6.45, 7) is 1.22. The van der Waals surface area contributed by atoms with Gasteiger partial charge in [0.25, 0.3) is 15.9 Å². The molecule has 2 aromatic heterocycles. The Bertz CT molecular complexity index is 1050. The first-order chi connectivity index (χ1) is 12.4. The summed E-state index contributed by atoms with van der Waals surface area (Å²) in [6, 6.07) is 9.45. The monoisotopic (exact) mass is 410 g/mol. The van der Waals surface area contributed by atoms with Crippen molar-refractivity contribution in [1.82, 2.24) is 9.21 Å². The normalized spacial score (nSPS) is 16.3. The lowest BCUT2D eigenvalue weighted by Gasteiger charge is -2.33. The summed E-state index contributed by atoms with van der Waals surface area (Å²) in [5, 5.41) is 2.44. The van der Waals surface area contributed by atoms with E-state index in [-0.39, 0.29) is 24.8 Å². The van der Waals surface area contributed by atoms with Crippen LogP contribution in [0.1, 0.15) is 9.67 Å². The Morgan fingerprint density at radius 3 is 2.54 bits per heavy atom. The summed E-state index contributed by atoms with van der Waals surface area (Å²) >= 11 is 2.52. The van der Waals surface area contributed by atoms with Gasteiger partial charge in [-0.1, -0.05) is 6.07 Å². The highest BCUT2D eigenvalue weighted by atomic mass is 32.2. The predicted molar refractivity (Wildman–Crippen MR) is 101 cm³/mol. The van der Waals surface area contributed by atoms with E-state index in [0.29, 0.717) is 27.6 Å². The van der Waals surface area contributed by atoms with E-state index in [9.17, 15) is 17.6 Å². The van der Waals surface area contributed by atoms with Crippen molar-refractivity contribution < 1.29 is 17.6 Å². The number of benzene rings is 1. The lowest BCUT2D eigenvalue weighted by atomic mass is 10.2. The Kier molecular flexibility index (Phi) is 4.55. The number of thiophene rings is 2. The molecular formula is C17H15FN2O3S3. The molecule has 9 heteroatoms. The van der Waals surface area contributed by atoms with Crippen LogP contribution in [0.2, 0.25) is 0 Å². The highest BCUT2D eigenvalue weighted by Gasteiger charge is 2.31. The second-order valence-corrected chi connectivity index (χ2v) is 10.1. The van der Waals surface area contributed by atoms with Gasteiger partial charge in [-0.15, -0.1) is 22.7 Å². The zero-order chi connectivity index (χ0) is 18.3. The number of halogens is 1.